The number of nitrogens with two attached hydrogens (primary N) is 1. The van der Waals surface area contributed by atoms with Crippen LogP contribution in [0.3, 0.4) is 0 Å². The number of amidine groups is 1. The lowest BCUT2D eigenvalue weighted by Gasteiger charge is -2.41. The number of nitrogens with zero attached hydrogens (tertiary/aromatic N) is 2. The summed E-state index contributed by atoms with van der Waals surface area (Å²) in [7, 11) is 0. The molecule has 0 radical (unpaired) electrons. The van der Waals surface area contributed by atoms with Crippen LogP contribution >= 0.6 is 0 Å². The number of rotatable bonds is 2. The van der Waals surface area contributed by atoms with Gasteiger partial charge in [0.2, 0.25) is 5.91 Å². The lowest BCUT2D eigenvalue weighted by atomic mass is 9.71. The number of amides is 1. The average molecular weight is 267 g/mol. The molecule has 1 atom stereocenters. The van der Waals surface area contributed by atoms with Gasteiger partial charge in [-0.3, -0.25) is 4.79 Å². The van der Waals surface area contributed by atoms with Crippen molar-refractivity contribution in [3.05, 3.63) is 0 Å². The maximum Gasteiger partial charge on any atom is 0.236 e. The van der Waals surface area contributed by atoms with Crippen molar-refractivity contribution in [3.63, 3.8) is 0 Å². The van der Waals surface area contributed by atoms with E-state index in [0.717, 1.165) is 38.8 Å². The molecule has 1 heterocycles. The Morgan fingerprint density at radius 2 is 2.00 bits per heavy atom. The van der Waals surface area contributed by atoms with Crippen LogP contribution in [0.25, 0.3) is 0 Å². The normalized spacial score (nSPS) is 28.2. The molecule has 0 aromatic rings. The summed E-state index contributed by atoms with van der Waals surface area (Å²) in [5.41, 5.74) is 5.13. The van der Waals surface area contributed by atoms with Gasteiger partial charge in [-0.2, -0.15) is 0 Å². The molecule has 0 aromatic heterocycles. The first-order valence-corrected chi connectivity index (χ1v) is 7.37. The molecule has 2 rings (SSSR count). The van der Waals surface area contributed by atoms with Gasteiger partial charge in [-0.15, -0.1) is 0 Å². The van der Waals surface area contributed by atoms with Gasteiger partial charge in [-0.1, -0.05) is 31.3 Å². The zero-order valence-electron chi connectivity index (χ0n) is 11.8. The van der Waals surface area contributed by atoms with E-state index in [1.807, 2.05) is 4.90 Å². The SMILES string of the molecule is CC1CCCN(C(=O)C2(C(N)=NO)CCCCC2)C1. The second-order valence-electron chi connectivity index (χ2n) is 6.13. The van der Waals surface area contributed by atoms with Crippen LogP contribution in [0.1, 0.15) is 51.9 Å². The van der Waals surface area contributed by atoms with Gasteiger partial charge in [-0.25, -0.2) is 0 Å². The van der Waals surface area contributed by atoms with Gasteiger partial charge in [0.15, 0.2) is 5.84 Å². The largest absolute Gasteiger partial charge is 0.409 e. The van der Waals surface area contributed by atoms with E-state index in [9.17, 15) is 4.79 Å². The molecule has 1 saturated heterocycles. The van der Waals surface area contributed by atoms with Crippen LogP contribution in [-0.2, 0) is 4.79 Å². The third-order valence-electron chi connectivity index (χ3n) is 4.66. The molecule has 2 aliphatic rings. The van der Waals surface area contributed by atoms with Gasteiger partial charge >= 0.3 is 0 Å². The average Bonchev–Trinajstić information content (AvgIpc) is 2.46. The molecule has 5 nitrogen and oxygen atoms in total. The van der Waals surface area contributed by atoms with Crippen molar-refractivity contribution in [2.45, 2.75) is 51.9 Å². The van der Waals surface area contributed by atoms with Crippen LogP contribution in [0.2, 0.25) is 0 Å². The Balaban J connectivity index is 2.20. The molecule has 2 fully saturated rings. The van der Waals surface area contributed by atoms with Crippen LogP contribution in [0.4, 0.5) is 0 Å². The predicted octanol–water partition coefficient (Wildman–Crippen LogP) is 1.94. The Morgan fingerprint density at radius 3 is 2.58 bits per heavy atom. The summed E-state index contributed by atoms with van der Waals surface area (Å²) < 4.78 is 0. The maximum atomic E-state index is 12.9. The number of likely N-dealkylation sites (tertiary alicyclic amines) is 1. The number of oxime groups is 1. The molecule has 0 bridgehead atoms. The standard InChI is InChI=1S/C14H25N3O2/c1-11-6-5-9-17(10-11)13(18)14(12(15)16-19)7-3-2-4-8-14/h11,19H,2-10H2,1H3,(H2,15,16). The van der Waals surface area contributed by atoms with Gasteiger partial charge in [0, 0.05) is 13.1 Å². The summed E-state index contributed by atoms with van der Waals surface area (Å²) in [6.07, 6.45) is 6.75. The van der Waals surface area contributed by atoms with E-state index >= 15 is 0 Å². The molecular formula is C14H25N3O2. The van der Waals surface area contributed by atoms with Crippen LogP contribution in [0.15, 0.2) is 5.16 Å². The minimum Gasteiger partial charge on any atom is -0.409 e. The highest BCUT2D eigenvalue weighted by atomic mass is 16.4. The fourth-order valence-electron chi connectivity index (χ4n) is 3.51. The predicted molar refractivity (Wildman–Crippen MR) is 73.9 cm³/mol. The summed E-state index contributed by atoms with van der Waals surface area (Å²) in [6.45, 7) is 3.79. The van der Waals surface area contributed by atoms with Crippen molar-refractivity contribution >= 4 is 11.7 Å². The van der Waals surface area contributed by atoms with Crippen molar-refractivity contribution in [2.24, 2.45) is 22.2 Å². The molecule has 1 saturated carbocycles. The number of carbonyl (C=O) groups excluding carboxylic acids is 1. The first kappa shape index (κ1) is 14.2. The van der Waals surface area contributed by atoms with Crippen molar-refractivity contribution in [1.82, 2.24) is 4.90 Å². The number of hydrogen-bond acceptors (Lipinski definition) is 3. The molecule has 108 valence electrons. The zero-order valence-corrected chi connectivity index (χ0v) is 11.8. The fourth-order valence-corrected chi connectivity index (χ4v) is 3.51. The molecule has 19 heavy (non-hydrogen) atoms. The third-order valence-corrected chi connectivity index (χ3v) is 4.66. The zero-order chi connectivity index (χ0) is 13.9. The van der Waals surface area contributed by atoms with Crippen molar-refractivity contribution < 1.29 is 10.0 Å². The molecule has 1 unspecified atom stereocenters. The first-order chi connectivity index (χ1) is 9.10. The van der Waals surface area contributed by atoms with Gasteiger partial charge in [0.05, 0.1) is 0 Å². The van der Waals surface area contributed by atoms with E-state index < -0.39 is 5.41 Å². The summed E-state index contributed by atoms with van der Waals surface area (Å²) in [4.78, 5) is 14.8. The number of piperidine rings is 1. The Morgan fingerprint density at radius 1 is 1.32 bits per heavy atom. The molecule has 1 amide bonds. The second kappa shape index (κ2) is 5.80. The highest BCUT2D eigenvalue weighted by Crippen LogP contribution is 2.39. The van der Waals surface area contributed by atoms with Crippen molar-refractivity contribution in [2.75, 3.05) is 13.1 Å². The summed E-state index contributed by atoms with van der Waals surface area (Å²) in [6, 6.07) is 0. The van der Waals surface area contributed by atoms with Gasteiger partial charge in [0.25, 0.3) is 0 Å². The lowest BCUT2D eigenvalue weighted by Crippen LogP contribution is -2.54. The van der Waals surface area contributed by atoms with E-state index in [4.69, 9.17) is 10.9 Å². The highest BCUT2D eigenvalue weighted by molar-refractivity contribution is 6.06. The molecule has 3 N–H and O–H groups in total. The Labute approximate surface area is 114 Å². The molecule has 0 spiro atoms. The van der Waals surface area contributed by atoms with Gasteiger partial charge in [0.1, 0.15) is 5.41 Å². The van der Waals surface area contributed by atoms with Gasteiger partial charge in [-0.05, 0) is 31.6 Å². The van der Waals surface area contributed by atoms with Gasteiger partial charge < -0.3 is 15.8 Å². The quantitative estimate of drug-likeness (QED) is 0.347. The van der Waals surface area contributed by atoms with E-state index in [0.29, 0.717) is 18.8 Å². The minimum absolute atomic E-state index is 0.0778. The topological polar surface area (TPSA) is 78.9 Å². The summed E-state index contributed by atoms with van der Waals surface area (Å²) in [5.74, 6) is 0.732. The Hall–Kier alpha value is -1.26. The number of hydrogen-bond donors (Lipinski definition) is 2. The Kier molecular flexibility index (Phi) is 4.32. The van der Waals surface area contributed by atoms with E-state index in [1.54, 1.807) is 0 Å². The van der Waals surface area contributed by atoms with Crippen LogP contribution in [-0.4, -0.2) is 34.9 Å². The van der Waals surface area contributed by atoms with E-state index in [-0.39, 0.29) is 11.7 Å². The molecule has 1 aliphatic carbocycles. The maximum absolute atomic E-state index is 12.9. The van der Waals surface area contributed by atoms with Crippen LogP contribution in [0, 0.1) is 11.3 Å². The van der Waals surface area contributed by atoms with E-state index in [2.05, 4.69) is 12.1 Å². The van der Waals surface area contributed by atoms with Crippen LogP contribution < -0.4 is 5.73 Å². The van der Waals surface area contributed by atoms with Crippen molar-refractivity contribution in [1.29, 1.82) is 0 Å². The summed E-state index contributed by atoms with van der Waals surface area (Å²) >= 11 is 0. The lowest BCUT2D eigenvalue weighted by molar-refractivity contribution is -0.141. The smallest absolute Gasteiger partial charge is 0.236 e. The first-order valence-electron chi connectivity index (χ1n) is 7.37. The van der Waals surface area contributed by atoms with Crippen molar-refractivity contribution in [3.8, 4) is 0 Å². The minimum atomic E-state index is -0.746. The van der Waals surface area contributed by atoms with E-state index in [1.165, 1.54) is 6.42 Å². The fraction of sp³-hybridized carbons (Fsp3) is 0.857. The molecule has 5 heteroatoms. The molecular weight excluding hydrogens is 242 g/mol. The Bertz CT molecular complexity index is 362. The highest BCUT2D eigenvalue weighted by Gasteiger charge is 2.46. The third kappa shape index (κ3) is 2.69. The summed E-state index contributed by atoms with van der Waals surface area (Å²) in [5, 5.41) is 12.2. The monoisotopic (exact) mass is 267 g/mol. The molecule has 0 aromatic carbocycles. The van der Waals surface area contributed by atoms with Crippen LogP contribution in [0.5, 0.6) is 0 Å². The number of carbonyl (C=O) groups is 1. The second-order valence-corrected chi connectivity index (χ2v) is 6.13. The molecule has 1 aliphatic heterocycles.